The molecule has 34 heavy (non-hydrogen) atoms. The zero-order valence-corrected chi connectivity index (χ0v) is 22.5. The Balaban J connectivity index is 1.44. The first-order chi connectivity index (χ1) is 16.3. The van der Waals surface area contributed by atoms with Crippen molar-refractivity contribution in [3.05, 3.63) is 49.3 Å². The molecule has 1 saturated heterocycles. The van der Waals surface area contributed by atoms with Crippen LogP contribution < -0.4 is 15.5 Å². The fourth-order valence-electron chi connectivity index (χ4n) is 3.64. The molecule has 3 aromatic rings. The lowest BCUT2D eigenvalue weighted by molar-refractivity contribution is 0.103. The Hall–Kier alpha value is -2.06. The molecule has 3 N–H and O–H groups in total. The molecule has 1 aliphatic rings. The normalized spacial score (nSPS) is 14.3. The molecule has 1 aliphatic heterocycles. The van der Waals surface area contributed by atoms with Crippen molar-refractivity contribution < 1.29 is 9.90 Å². The van der Waals surface area contributed by atoms with Crippen molar-refractivity contribution >= 4 is 73.9 Å². The van der Waals surface area contributed by atoms with E-state index >= 15 is 0 Å². The van der Waals surface area contributed by atoms with Crippen LogP contribution in [0.3, 0.4) is 0 Å². The standard InChI is InChI=1S/C22H25ClIN7O2S/c1-13-3-4-15(24)19(23)20(13)29-21(33)16-12-25-22(34-16)28-17-11-18(27-14(2)26-17)31-7-5-30(6-8-31)9-10-32/h3-4,11-12,32H,5-10H2,1-2H3,(H,29,33)(H,25,26,27,28). The summed E-state index contributed by atoms with van der Waals surface area (Å²) in [5, 5.41) is 16.3. The molecule has 12 heteroatoms. The van der Waals surface area contributed by atoms with Gasteiger partial charge < -0.3 is 20.6 Å². The largest absolute Gasteiger partial charge is 0.395 e. The van der Waals surface area contributed by atoms with Crippen LogP contribution in [-0.4, -0.2) is 70.2 Å². The number of aromatic nitrogens is 3. The number of β-amino-alcohol motifs (C(OH)–C–C–N with tert-alkyl or cyclic N) is 1. The molecule has 4 rings (SSSR count). The lowest BCUT2D eigenvalue weighted by Gasteiger charge is -2.35. The van der Waals surface area contributed by atoms with E-state index in [1.807, 2.05) is 32.0 Å². The molecule has 0 aliphatic carbocycles. The van der Waals surface area contributed by atoms with Crippen LogP contribution >= 0.6 is 45.5 Å². The van der Waals surface area contributed by atoms with Gasteiger partial charge in [-0.25, -0.2) is 15.0 Å². The highest BCUT2D eigenvalue weighted by molar-refractivity contribution is 14.1. The number of aryl methyl sites for hydroxylation is 2. The van der Waals surface area contributed by atoms with Crippen LogP contribution in [0.4, 0.5) is 22.5 Å². The maximum Gasteiger partial charge on any atom is 0.267 e. The first kappa shape index (κ1) is 25.0. The topological polar surface area (TPSA) is 107 Å². The Kier molecular flexibility index (Phi) is 8.19. The number of nitrogens with zero attached hydrogens (tertiary/aromatic N) is 5. The maximum absolute atomic E-state index is 12.8. The van der Waals surface area contributed by atoms with Crippen molar-refractivity contribution in [3.63, 3.8) is 0 Å². The third-order valence-electron chi connectivity index (χ3n) is 5.44. The molecule has 3 heterocycles. The molecule has 9 nitrogen and oxygen atoms in total. The number of thiazole rings is 1. The molecule has 0 radical (unpaired) electrons. The van der Waals surface area contributed by atoms with Crippen molar-refractivity contribution in [2.24, 2.45) is 0 Å². The molecule has 0 saturated carbocycles. The number of benzene rings is 1. The molecule has 1 aromatic carbocycles. The van der Waals surface area contributed by atoms with Gasteiger partial charge in [0.05, 0.1) is 23.5 Å². The molecule has 1 fully saturated rings. The number of aliphatic hydroxyl groups excluding tert-OH is 1. The molecule has 0 atom stereocenters. The van der Waals surface area contributed by atoms with Gasteiger partial charge in [-0.3, -0.25) is 9.69 Å². The summed E-state index contributed by atoms with van der Waals surface area (Å²) in [6.07, 6.45) is 1.54. The first-order valence-electron chi connectivity index (χ1n) is 10.8. The minimum absolute atomic E-state index is 0.172. The number of anilines is 4. The predicted octanol–water partition coefficient (Wildman–Crippen LogP) is 3.92. The van der Waals surface area contributed by atoms with Gasteiger partial charge in [0.2, 0.25) is 0 Å². The minimum Gasteiger partial charge on any atom is -0.395 e. The summed E-state index contributed by atoms with van der Waals surface area (Å²) in [4.78, 5) is 31.1. The predicted molar refractivity (Wildman–Crippen MR) is 145 cm³/mol. The molecule has 0 bridgehead atoms. The molecule has 1 amide bonds. The highest BCUT2D eigenvalue weighted by Crippen LogP contribution is 2.32. The van der Waals surface area contributed by atoms with Gasteiger partial charge in [-0.1, -0.05) is 29.0 Å². The number of rotatable bonds is 7. The smallest absolute Gasteiger partial charge is 0.267 e. The Morgan fingerprint density at radius 1 is 1.24 bits per heavy atom. The summed E-state index contributed by atoms with van der Waals surface area (Å²) >= 11 is 9.76. The van der Waals surface area contributed by atoms with Gasteiger partial charge >= 0.3 is 0 Å². The van der Waals surface area contributed by atoms with E-state index in [4.69, 9.17) is 16.7 Å². The van der Waals surface area contributed by atoms with Gasteiger partial charge in [0.25, 0.3) is 5.91 Å². The van der Waals surface area contributed by atoms with Gasteiger partial charge in [-0.05, 0) is 48.1 Å². The number of hydrogen-bond acceptors (Lipinski definition) is 9. The van der Waals surface area contributed by atoms with Gasteiger partial charge in [0.15, 0.2) is 5.13 Å². The van der Waals surface area contributed by atoms with Crippen molar-refractivity contribution in [1.29, 1.82) is 0 Å². The second-order valence-electron chi connectivity index (χ2n) is 7.87. The number of aliphatic hydroxyl groups is 1. The van der Waals surface area contributed by atoms with Crippen LogP contribution in [0.2, 0.25) is 5.02 Å². The van der Waals surface area contributed by atoms with Gasteiger partial charge in [0.1, 0.15) is 22.3 Å². The lowest BCUT2D eigenvalue weighted by Crippen LogP contribution is -2.47. The third kappa shape index (κ3) is 5.95. The Labute approximate surface area is 220 Å². The van der Waals surface area contributed by atoms with Crippen molar-refractivity contribution in [2.45, 2.75) is 13.8 Å². The molecule has 0 spiro atoms. The number of carbonyl (C=O) groups excluding carboxylic acids is 1. The van der Waals surface area contributed by atoms with E-state index < -0.39 is 0 Å². The van der Waals surface area contributed by atoms with Crippen LogP contribution in [0.15, 0.2) is 24.4 Å². The molecule has 0 unspecified atom stereocenters. The fourth-order valence-corrected chi connectivity index (χ4v) is 5.07. The zero-order valence-electron chi connectivity index (χ0n) is 18.8. The molecular formula is C22H25ClIN7O2S. The van der Waals surface area contributed by atoms with Crippen molar-refractivity contribution in [1.82, 2.24) is 19.9 Å². The monoisotopic (exact) mass is 613 g/mol. The van der Waals surface area contributed by atoms with Crippen LogP contribution in [0.5, 0.6) is 0 Å². The highest BCUT2D eigenvalue weighted by atomic mass is 127. The number of hydrogen-bond donors (Lipinski definition) is 3. The first-order valence-corrected chi connectivity index (χ1v) is 13.0. The van der Waals surface area contributed by atoms with E-state index in [0.717, 1.165) is 41.1 Å². The van der Waals surface area contributed by atoms with Crippen molar-refractivity contribution in [2.75, 3.05) is 54.9 Å². The SMILES string of the molecule is Cc1nc(Nc2ncc(C(=O)Nc3c(C)ccc(I)c3Cl)s2)cc(N2CCN(CCO)CC2)n1. The second-order valence-corrected chi connectivity index (χ2v) is 10.4. The molecular weight excluding hydrogens is 589 g/mol. The minimum atomic E-state index is -0.266. The summed E-state index contributed by atoms with van der Waals surface area (Å²) < 4.78 is 0.872. The lowest BCUT2D eigenvalue weighted by atomic mass is 10.2. The van der Waals surface area contributed by atoms with E-state index in [1.165, 1.54) is 17.5 Å². The highest BCUT2D eigenvalue weighted by Gasteiger charge is 2.19. The average Bonchev–Trinajstić information content (AvgIpc) is 3.28. The van der Waals surface area contributed by atoms with E-state index in [-0.39, 0.29) is 12.5 Å². The number of carbonyl (C=O) groups is 1. The van der Waals surface area contributed by atoms with Gasteiger partial charge in [-0.15, -0.1) is 0 Å². The maximum atomic E-state index is 12.8. The van der Waals surface area contributed by atoms with E-state index in [2.05, 4.69) is 58.0 Å². The van der Waals surface area contributed by atoms with Gasteiger partial charge in [0, 0.05) is 42.4 Å². The number of nitrogens with one attached hydrogen (secondary N) is 2. The number of piperazine rings is 1. The second kappa shape index (κ2) is 11.1. The third-order valence-corrected chi connectivity index (χ3v) is 7.97. The van der Waals surface area contributed by atoms with Crippen molar-refractivity contribution in [3.8, 4) is 0 Å². The Bertz CT molecular complexity index is 1180. The van der Waals surface area contributed by atoms with Crippen LogP contribution in [0.25, 0.3) is 0 Å². The quantitative estimate of drug-likeness (QED) is 0.345. The summed E-state index contributed by atoms with van der Waals surface area (Å²) in [5.74, 6) is 1.85. The zero-order chi connectivity index (χ0) is 24.2. The number of amides is 1. The Morgan fingerprint density at radius 3 is 2.74 bits per heavy atom. The summed E-state index contributed by atoms with van der Waals surface area (Å²) in [5.41, 5.74) is 1.50. The van der Waals surface area contributed by atoms with E-state index in [0.29, 0.717) is 38.9 Å². The molecule has 2 aromatic heterocycles. The van der Waals surface area contributed by atoms with E-state index in [1.54, 1.807) is 0 Å². The van der Waals surface area contributed by atoms with Crippen LogP contribution in [0.1, 0.15) is 21.1 Å². The number of halogens is 2. The van der Waals surface area contributed by atoms with Crippen LogP contribution in [-0.2, 0) is 0 Å². The fraction of sp³-hybridized carbons (Fsp3) is 0.364. The van der Waals surface area contributed by atoms with Crippen LogP contribution in [0, 0.1) is 17.4 Å². The average molecular weight is 614 g/mol. The van der Waals surface area contributed by atoms with E-state index in [9.17, 15) is 4.79 Å². The van der Waals surface area contributed by atoms with Gasteiger partial charge in [-0.2, -0.15) is 0 Å². The molecule has 180 valence electrons. The Morgan fingerprint density at radius 2 is 2.00 bits per heavy atom. The summed E-state index contributed by atoms with van der Waals surface area (Å²) in [7, 11) is 0. The summed E-state index contributed by atoms with van der Waals surface area (Å²) in [6, 6.07) is 5.73. The summed E-state index contributed by atoms with van der Waals surface area (Å²) in [6.45, 7) is 8.03.